The number of carbonyl (C=O) groups excluding carboxylic acids is 1. The Kier molecular flexibility index (Phi) is 2.86. The summed E-state index contributed by atoms with van der Waals surface area (Å²) in [5, 5.41) is 9.70. The normalized spacial score (nSPS) is 18.1. The Morgan fingerprint density at radius 2 is 2.00 bits per heavy atom. The summed E-state index contributed by atoms with van der Waals surface area (Å²) in [5.41, 5.74) is 2.85. The van der Waals surface area contributed by atoms with E-state index in [-0.39, 0.29) is 5.78 Å². The molecule has 0 aliphatic heterocycles. The second kappa shape index (κ2) is 4.45. The minimum Gasteiger partial charge on any atom is -0.441 e. The summed E-state index contributed by atoms with van der Waals surface area (Å²) in [6.07, 6.45) is 2.10. The number of hydrogen-bond acceptors (Lipinski definition) is 4. The molecule has 1 aromatic carbocycles. The van der Waals surface area contributed by atoms with Crippen molar-refractivity contribution >= 4 is 16.9 Å². The van der Waals surface area contributed by atoms with E-state index in [0.29, 0.717) is 31.6 Å². The van der Waals surface area contributed by atoms with Crippen molar-refractivity contribution in [1.82, 2.24) is 4.98 Å². The number of carbonyl (C=O) groups is 1. The third kappa shape index (κ3) is 1.82. The van der Waals surface area contributed by atoms with E-state index in [0.717, 1.165) is 22.2 Å². The van der Waals surface area contributed by atoms with Gasteiger partial charge in [-0.25, -0.2) is 4.98 Å². The number of ketones is 1. The number of oxazole rings is 1. The van der Waals surface area contributed by atoms with Gasteiger partial charge in [0.15, 0.2) is 11.5 Å². The van der Waals surface area contributed by atoms with Gasteiger partial charge in [0.05, 0.1) is 11.5 Å². The van der Waals surface area contributed by atoms with Crippen molar-refractivity contribution in [2.45, 2.75) is 44.9 Å². The molecule has 0 N–H and O–H groups in total. The van der Waals surface area contributed by atoms with E-state index in [1.807, 2.05) is 26.0 Å². The molecule has 0 bridgehead atoms. The molecule has 3 rings (SSSR count). The fourth-order valence-corrected chi connectivity index (χ4v) is 3.02. The maximum Gasteiger partial charge on any atom is 0.192 e. The fourth-order valence-electron chi connectivity index (χ4n) is 3.02. The van der Waals surface area contributed by atoms with E-state index in [9.17, 15) is 10.1 Å². The number of rotatable bonds is 1. The van der Waals surface area contributed by atoms with Crippen molar-refractivity contribution in [2.75, 3.05) is 0 Å². The number of nitriles is 1. The van der Waals surface area contributed by atoms with Crippen molar-refractivity contribution in [3.63, 3.8) is 0 Å². The molecule has 0 radical (unpaired) electrons. The number of Topliss-reactive ketones (excluding diaryl/α,β-unsaturated/α-hetero) is 1. The molecule has 4 nitrogen and oxygen atoms in total. The molecule has 102 valence electrons. The van der Waals surface area contributed by atoms with Gasteiger partial charge in [-0.2, -0.15) is 5.26 Å². The van der Waals surface area contributed by atoms with Crippen molar-refractivity contribution in [3.05, 3.63) is 29.2 Å². The van der Waals surface area contributed by atoms with Crippen LogP contribution in [0.15, 0.2) is 16.5 Å². The van der Waals surface area contributed by atoms with Gasteiger partial charge in [0.25, 0.3) is 0 Å². The molecule has 1 saturated carbocycles. The summed E-state index contributed by atoms with van der Waals surface area (Å²) in [5.74, 6) is 0.853. The molecule has 0 unspecified atom stereocenters. The number of aromatic nitrogens is 1. The van der Waals surface area contributed by atoms with Gasteiger partial charge in [-0.05, 0) is 25.3 Å². The van der Waals surface area contributed by atoms with Crippen LogP contribution < -0.4 is 0 Å². The summed E-state index contributed by atoms with van der Waals surface area (Å²) < 4.78 is 5.65. The highest BCUT2D eigenvalue weighted by Crippen LogP contribution is 2.41. The van der Waals surface area contributed by atoms with Crippen molar-refractivity contribution in [2.24, 2.45) is 0 Å². The fraction of sp³-hybridized carbons (Fsp3) is 0.438. The lowest BCUT2D eigenvalue weighted by Gasteiger charge is -2.30. The standard InChI is InChI=1S/C16H16N2O2/c1-10-3-4-13(14-15(10)20-11(2)18-14)16(9-17)7-5-12(19)6-8-16/h3-4H,5-8H2,1-2H3. The van der Waals surface area contributed by atoms with Crippen LogP contribution in [0.1, 0.15) is 42.7 Å². The van der Waals surface area contributed by atoms with Crippen LogP contribution in [0.3, 0.4) is 0 Å². The molecule has 2 aromatic rings. The van der Waals surface area contributed by atoms with Crippen LogP contribution in [0.4, 0.5) is 0 Å². The zero-order valence-corrected chi connectivity index (χ0v) is 11.7. The minimum absolute atomic E-state index is 0.246. The molecule has 1 aromatic heterocycles. The predicted octanol–water partition coefficient (Wildman–Crippen LogP) is 3.35. The van der Waals surface area contributed by atoms with Gasteiger partial charge in [-0.1, -0.05) is 12.1 Å². The highest BCUT2D eigenvalue weighted by atomic mass is 16.3. The minimum atomic E-state index is -0.608. The van der Waals surface area contributed by atoms with Crippen LogP contribution in [0.25, 0.3) is 11.1 Å². The molecule has 1 aliphatic rings. The van der Waals surface area contributed by atoms with Crippen LogP contribution in [0, 0.1) is 25.2 Å². The molecule has 0 spiro atoms. The Balaban J connectivity index is 2.21. The van der Waals surface area contributed by atoms with E-state index >= 15 is 0 Å². The summed E-state index contributed by atoms with van der Waals surface area (Å²) in [6.45, 7) is 3.78. The maximum absolute atomic E-state index is 11.5. The summed E-state index contributed by atoms with van der Waals surface area (Å²) in [4.78, 5) is 15.9. The topological polar surface area (TPSA) is 66.9 Å². The number of aryl methyl sites for hydroxylation is 2. The van der Waals surface area contributed by atoms with E-state index in [1.165, 1.54) is 0 Å². The van der Waals surface area contributed by atoms with Gasteiger partial charge in [-0.15, -0.1) is 0 Å². The Morgan fingerprint density at radius 3 is 2.65 bits per heavy atom. The Bertz CT molecular complexity index is 727. The van der Waals surface area contributed by atoms with Gasteiger partial charge in [0, 0.05) is 25.3 Å². The first kappa shape index (κ1) is 12.9. The van der Waals surface area contributed by atoms with Gasteiger partial charge >= 0.3 is 0 Å². The monoisotopic (exact) mass is 268 g/mol. The molecule has 0 saturated heterocycles. The predicted molar refractivity (Wildman–Crippen MR) is 74.2 cm³/mol. The summed E-state index contributed by atoms with van der Waals surface area (Å²) in [7, 11) is 0. The van der Waals surface area contributed by atoms with Gasteiger partial charge < -0.3 is 4.42 Å². The molecule has 1 heterocycles. The molecule has 20 heavy (non-hydrogen) atoms. The summed E-state index contributed by atoms with van der Waals surface area (Å²) >= 11 is 0. The zero-order chi connectivity index (χ0) is 14.3. The SMILES string of the molecule is Cc1nc2c(C3(C#N)CCC(=O)CC3)ccc(C)c2o1. The summed E-state index contributed by atoms with van der Waals surface area (Å²) in [6, 6.07) is 6.38. The zero-order valence-electron chi connectivity index (χ0n) is 11.7. The van der Waals surface area contributed by atoms with E-state index in [1.54, 1.807) is 0 Å². The molecule has 1 fully saturated rings. The first-order valence-electron chi connectivity index (χ1n) is 6.86. The average molecular weight is 268 g/mol. The van der Waals surface area contributed by atoms with Gasteiger partial charge in [0.2, 0.25) is 0 Å². The van der Waals surface area contributed by atoms with Crippen molar-refractivity contribution < 1.29 is 9.21 Å². The van der Waals surface area contributed by atoms with Gasteiger partial charge in [-0.3, -0.25) is 4.79 Å². The van der Waals surface area contributed by atoms with Crippen molar-refractivity contribution in [3.8, 4) is 6.07 Å². The van der Waals surface area contributed by atoms with Crippen LogP contribution in [-0.2, 0) is 10.2 Å². The lowest BCUT2D eigenvalue weighted by molar-refractivity contribution is -0.120. The average Bonchev–Trinajstić information content (AvgIpc) is 2.83. The molecule has 0 atom stereocenters. The van der Waals surface area contributed by atoms with E-state index in [2.05, 4.69) is 11.1 Å². The maximum atomic E-state index is 11.5. The van der Waals surface area contributed by atoms with Crippen LogP contribution >= 0.6 is 0 Å². The highest BCUT2D eigenvalue weighted by molar-refractivity contribution is 5.84. The van der Waals surface area contributed by atoms with E-state index < -0.39 is 5.41 Å². The second-order valence-corrected chi connectivity index (χ2v) is 5.57. The molecular weight excluding hydrogens is 252 g/mol. The third-order valence-corrected chi connectivity index (χ3v) is 4.24. The number of benzene rings is 1. The van der Waals surface area contributed by atoms with Crippen LogP contribution in [-0.4, -0.2) is 10.8 Å². The Labute approximate surface area is 117 Å². The first-order chi connectivity index (χ1) is 9.55. The second-order valence-electron chi connectivity index (χ2n) is 5.57. The van der Waals surface area contributed by atoms with E-state index in [4.69, 9.17) is 4.42 Å². The first-order valence-corrected chi connectivity index (χ1v) is 6.86. The highest BCUT2D eigenvalue weighted by Gasteiger charge is 2.38. The van der Waals surface area contributed by atoms with Gasteiger partial charge in [0.1, 0.15) is 11.3 Å². The number of fused-ring (bicyclic) bond motifs is 1. The molecule has 1 aliphatic carbocycles. The molecule has 0 amide bonds. The Morgan fingerprint density at radius 1 is 1.30 bits per heavy atom. The van der Waals surface area contributed by atoms with Crippen LogP contribution in [0.5, 0.6) is 0 Å². The lowest BCUT2D eigenvalue weighted by atomic mass is 9.69. The van der Waals surface area contributed by atoms with Crippen LogP contribution in [0.2, 0.25) is 0 Å². The quantitative estimate of drug-likeness (QED) is 0.795. The smallest absolute Gasteiger partial charge is 0.192 e. The molecular formula is C16H16N2O2. The third-order valence-electron chi connectivity index (χ3n) is 4.24. The molecule has 4 heteroatoms. The number of hydrogen-bond donors (Lipinski definition) is 0. The Hall–Kier alpha value is -2.15. The largest absolute Gasteiger partial charge is 0.441 e. The number of nitrogens with zero attached hydrogens (tertiary/aromatic N) is 2. The van der Waals surface area contributed by atoms with Crippen molar-refractivity contribution in [1.29, 1.82) is 5.26 Å². The lowest BCUT2D eigenvalue weighted by Crippen LogP contribution is -2.30.